The second kappa shape index (κ2) is 4.99. The minimum atomic E-state index is -0.0476. The van der Waals surface area contributed by atoms with Crippen LogP contribution in [0.2, 0.25) is 0 Å². The summed E-state index contributed by atoms with van der Waals surface area (Å²) in [6.07, 6.45) is 5.07. The van der Waals surface area contributed by atoms with Gasteiger partial charge in [0.1, 0.15) is 11.4 Å². The molecule has 3 heteroatoms. The van der Waals surface area contributed by atoms with Gasteiger partial charge in [0.15, 0.2) is 0 Å². The van der Waals surface area contributed by atoms with Gasteiger partial charge < -0.3 is 10.1 Å². The highest BCUT2D eigenvalue weighted by Gasteiger charge is 2.37. The number of hydrogen-bond acceptors (Lipinski definition) is 3. The summed E-state index contributed by atoms with van der Waals surface area (Å²) in [5.74, 6) is 1.14. The number of nitrogens with one attached hydrogen (secondary N) is 1. The quantitative estimate of drug-likeness (QED) is 0.924. The molecule has 0 aliphatic carbocycles. The molecule has 3 heterocycles. The van der Waals surface area contributed by atoms with Crippen LogP contribution in [0.5, 0.6) is 5.75 Å². The van der Waals surface area contributed by atoms with Gasteiger partial charge in [-0.1, -0.05) is 18.2 Å². The van der Waals surface area contributed by atoms with Gasteiger partial charge in [0, 0.05) is 37.2 Å². The van der Waals surface area contributed by atoms with Gasteiger partial charge in [-0.05, 0) is 45.2 Å². The summed E-state index contributed by atoms with van der Waals surface area (Å²) in [6.45, 7) is 7.88. The van der Waals surface area contributed by atoms with Crippen LogP contribution in [0.25, 0.3) is 0 Å². The van der Waals surface area contributed by atoms with Crippen LogP contribution >= 0.6 is 0 Å². The van der Waals surface area contributed by atoms with Crippen LogP contribution in [0, 0.1) is 0 Å². The third-order valence-electron chi connectivity index (χ3n) is 5.33. The molecule has 1 aromatic rings. The molecule has 0 bridgehead atoms. The van der Waals surface area contributed by atoms with Crippen LogP contribution in [0.1, 0.15) is 44.2 Å². The zero-order chi connectivity index (χ0) is 14.4. The van der Waals surface area contributed by atoms with E-state index < -0.39 is 0 Å². The maximum absolute atomic E-state index is 6.18. The fraction of sp³-hybridized carbons (Fsp3) is 0.667. The number of hydrogen-bond donors (Lipinski definition) is 1. The molecule has 0 spiro atoms. The van der Waals surface area contributed by atoms with Crippen LogP contribution < -0.4 is 10.1 Å². The molecule has 0 radical (unpaired) electrons. The van der Waals surface area contributed by atoms with Crippen LogP contribution in [0.4, 0.5) is 0 Å². The second-order valence-corrected chi connectivity index (χ2v) is 7.47. The van der Waals surface area contributed by atoms with Crippen molar-refractivity contribution in [2.75, 3.05) is 13.1 Å². The summed E-state index contributed by atoms with van der Waals surface area (Å²) in [5.41, 5.74) is 2.65. The predicted molar refractivity (Wildman–Crippen MR) is 84.7 cm³/mol. The Morgan fingerprint density at radius 3 is 3.10 bits per heavy atom. The first-order valence-corrected chi connectivity index (χ1v) is 8.40. The van der Waals surface area contributed by atoms with Gasteiger partial charge in [-0.3, -0.25) is 4.90 Å². The van der Waals surface area contributed by atoms with Crippen molar-refractivity contribution < 1.29 is 4.74 Å². The van der Waals surface area contributed by atoms with E-state index in [1.54, 1.807) is 0 Å². The first-order valence-electron chi connectivity index (χ1n) is 8.40. The average molecular weight is 286 g/mol. The molecule has 0 amide bonds. The van der Waals surface area contributed by atoms with Gasteiger partial charge in [0.05, 0.1) is 0 Å². The van der Waals surface area contributed by atoms with Crippen LogP contribution in [-0.2, 0) is 13.0 Å². The van der Waals surface area contributed by atoms with E-state index in [-0.39, 0.29) is 5.60 Å². The molecule has 3 aliphatic heterocycles. The van der Waals surface area contributed by atoms with Crippen molar-refractivity contribution in [2.24, 2.45) is 0 Å². The fourth-order valence-electron chi connectivity index (χ4n) is 4.38. The lowest BCUT2D eigenvalue weighted by Gasteiger charge is -2.22. The molecule has 0 aromatic heterocycles. The van der Waals surface area contributed by atoms with Crippen molar-refractivity contribution in [3.8, 4) is 5.75 Å². The van der Waals surface area contributed by atoms with Crippen molar-refractivity contribution in [3.63, 3.8) is 0 Å². The molecule has 2 unspecified atom stereocenters. The molecule has 2 atom stereocenters. The summed E-state index contributed by atoms with van der Waals surface area (Å²) in [7, 11) is 0. The standard InChI is InChI=1S/C18H26N2O/c1-18(2)11-13-5-3-6-14(17(13)21-18)12-19-15-8-10-20-9-4-7-16(15)20/h3,5-6,15-16,19H,4,7-12H2,1-2H3. The Morgan fingerprint density at radius 2 is 2.19 bits per heavy atom. The second-order valence-electron chi connectivity index (χ2n) is 7.47. The monoisotopic (exact) mass is 286 g/mol. The molecule has 3 aliphatic rings. The van der Waals surface area contributed by atoms with Crippen molar-refractivity contribution >= 4 is 0 Å². The molecule has 0 saturated carbocycles. The van der Waals surface area contributed by atoms with E-state index >= 15 is 0 Å². The van der Waals surface area contributed by atoms with Gasteiger partial charge in [0.2, 0.25) is 0 Å². The minimum Gasteiger partial charge on any atom is -0.487 e. The highest BCUT2D eigenvalue weighted by Crippen LogP contribution is 2.37. The smallest absolute Gasteiger partial charge is 0.127 e. The first-order chi connectivity index (χ1) is 10.1. The molecule has 2 saturated heterocycles. The largest absolute Gasteiger partial charge is 0.487 e. The molecule has 21 heavy (non-hydrogen) atoms. The fourth-order valence-corrected chi connectivity index (χ4v) is 4.38. The molecule has 3 nitrogen and oxygen atoms in total. The Kier molecular flexibility index (Phi) is 3.23. The first kappa shape index (κ1) is 13.6. The molecule has 1 N–H and O–H groups in total. The SMILES string of the molecule is CC1(C)Cc2cccc(CNC3CCN4CCCC34)c2O1. The van der Waals surface area contributed by atoms with Crippen LogP contribution in [-0.4, -0.2) is 35.7 Å². The van der Waals surface area contributed by atoms with E-state index in [0.29, 0.717) is 6.04 Å². The van der Waals surface area contributed by atoms with Gasteiger partial charge in [-0.25, -0.2) is 0 Å². The topological polar surface area (TPSA) is 24.5 Å². The normalized spacial score (nSPS) is 30.2. The number of nitrogens with zero attached hydrogens (tertiary/aromatic N) is 1. The summed E-state index contributed by atoms with van der Waals surface area (Å²) in [4.78, 5) is 2.66. The zero-order valence-corrected chi connectivity index (χ0v) is 13.2. The molecule has 114 valence electrons. The number of ether oxygens (including phenoxy) is 1. The third kappa shape index (κ3) is 2.47. The van der Waals surface area contributed by atoms with Crippen molar-refractivity contribution in [1.29, 1.82) is 0 Å². The molecule has 1 aromatic carbocycles. The molecule has 4 rings (SSSR count). The average Bonchev–Trinajstić information content (AvgIpc) is 3.08. The number of para-hydroxylation sites is 1. The third-order valence-corrected chi connectivity index (χ3v) is 5.33. The lowest BCUT2D eigenvalue weighted by molar-refractivity contribution is 0.137. The Labute approximate surface area is 127 Å². The van der Waals surface area contributed by atoms with Gasteiger partial charge >= 0.3 is 0 Å². The summed E-state index contributed by atoms with van der Waals surface area (Å²) in [5, 5.41) is 3.80. The van der Waals surface area contributed by atoms with Crippen LogP contribution in [0.15, 0.2) is 18.2 Å². The number of fused-ring (bicyclic) bond motifs is 2. The molecular formula is C18H26N2O. The Hall–Kier alpha value is -1.06. The number of rotatable bonds is 3. The van der Waals surface area contributed by atoms with E-state index in [1.807, 2.05) is 0 Å². The Morgan fingerprint density at radius 1 is 1.29 bits per heavy atom. The zero-order valence-electron chi connectivity index (χ0n) is 13.2. The highest BCUT2D eigenvalue weighted by atomic mass is 16.5. The summed E-state index contributed by atoms with van der Waals surface area (Å²) >= 11 is 0. The minimum absolute atomic E-state index is 0.0476. The molecular weight excluding hydrogens is 260 g/mol. The van der Waals surface area contributed by atoms with E-state index in [4.69, 9.17) is 4.74 Å². The van der Waals surface area contributed by atoms with Crippen molar-refractivity contribution in [3.05, 3.63) is 29.3 Å². The lowest BCUT2D eigenvalue weighted by atomic mass is 10.0. The van der Waals surface area contributed by atoms with E-state index in [2.05, 4.69) is 42.3 Å². The Balaban J connectivity index is 1.46. The summed E-state index contributed by atoms with van der Waals surface area (Å²) in [6, 6.07) is 8.05. The van der Waals surface area contributed by atoms with Gasteiger partial charge in [0.25, 0.3) is 0 Å². The highest BCUT2D eigenvalue weighted by molar-refractivity contribution is 5.45. The lowest BCUT2D eigenvalue weighted by Crippen LogP contribution is -2.38. The van der Waals surface area contributed by atoms with E-state index in [9.17, 15) is 0 Å². The van der Waals surface area contributed by atoms with Crippen LogP contribution in [0.3, 0.4) is 0 Å². The van der Waals surface area contributed by atoms with Crippen molar-refractivity contribution in [1.82, 2.24) is 10.2 Å². The maximum Gasteiger partial charge on any atom is 0.127 e. The maximum atomic E-state index is 6.18. The van der Waals surface area contributed by atoms with E-state index in [1.165, 1.54) is 43.5 Å². The van der Waals surface area contributed by atoms with Crippen molar-refractivity contribution in [2.45, 2.75) is 63.8 Å². The predicted octanol–water partition coefficient (Wildman–Crippen LogP) is 2.73. The summed E-state index contributed by atoms with van der Waals surface area (Å²) < 4.78 is 6.18. The number of benzene rings is 1. The van der Waals surface area contributed by atoms with E-state index in [0.717, 1.165) is 24.8 Å². The van der Waals surface area contributed by atoms with Gasteiger partial charge in [-0.2, -0.15) is 0 Å². The van der Waals surface area contributed by atoms with Gasteiger partial charge in [-0.15, -0.1) is 0 Å². The molecule has 2 fully saturated rings. The Bertz CT molecular complexity index is 540.